The molecule has 3 atom stereocenters. The second-order valence-corrected chi connectivity index (χ2v) is 7.48. The summed E-state index contributed by atoms with van der Waals surface area (Å²) in [6.07, 6.45) is 8.75. The van der Waals surface area contributed by atoms with E-state index in [1.807, 2.05) is 0 Å². The van der Waals surface area contributed by atoms with Crippen molar-refractivity contribution in [2.45, 2.75) is 69.6 Å². The normalized spacial score (nSPS) is 30.1. The third-order valence-corrected chi connectivity index (χ3v) is 5.48. The first-order chi connectivity index (χ1) is 10.0. The van der Waals surface area contributed by atoms with Gasteiger partial charge in [-0.25, -0.2) is 0 Å². The molecule has 0 aromatic rings. The minimum atomic E-state index is -0.387. The largest absolute Gasteiger partial charge is 0.389 e. The number of ether oxygens (including phenoxy) is 1. The Labute approximate surface area is 130 Å². The average molecular weight is 298 g/mol. The molecule has 21 heavy (non-hydrogen) atoms. The number of aliphatic hydroxyl groups is 1. The fourth-order valence-corrected chi connectivity index (χ4v) is 3.67. The van der Waals surface area contributed by atoms with Crippen LogP contribution in [-0.4, -0.2) is 61.5 Å². The molecule has 0 amide bonds. The summed E-state index contributed by atoms with van der Waals surface area (Å²) < 4.78 is 5.89. The maximum atomic E-state index is 10.1. The Kier molecular flexibility index (Phi) is 6.48. The predicted molar refractivity (Wildman–Crippen MR) is 86.5 cm³/mol. The van der Waals surface area contributed by atoms with Crippen LogP contribution in [0.1, 0.15) is 51.9 Å². The molecule has 2 fully saturated rings. The predicted octanol–water partition coefficient (Wildman–Crippen LogP) is 2.02. The molecule has 2 aliphatic rings. The lowest BCUT2D eigenvalue weighted by atomic mass is 9.75. The molecule has 2 aliphatic carbocycles. The summed E-state index contributed by atoms with van der Waals surface area (Å²) in [6, 6.07) is 0. The van der Waals surface area contributed by atoms with Crippen molar-refractivity contribution < 1.29 is 9.84 Å². The molecule has 0 saturated heterocycles. The zero-order valence-corrected chi connectivity index (χ0v) is 14.1. The van der Waals surface area contributed by atoms with Gasteiger partial charge in [0.05, 0.1) is 18.8 Å². The highest BCUT2D eigenvalue weighted by atomic mass is 16.5. The number of nitrogens with zero attached hydrogens (tertiary/aromatic N) is 1. The molecular weight excluding hydrogens is 264 g/mol. The van der Waals surface area contributed by atoms with E-state index in [1.54, 1.807) is 0 Å². The number of hydrogen-bond donors (Lipinski definition) is 2. The van der Waals surface area contributed by atoms with Gasteiger partial charge in [-0.05, 0) is 52.1 Å². The Morgan fingerprint density at radius 2 is 2.05 bits per heavy atom. The molecule has 0 spiro atoms. The monoisotopic (exact) mass is 298 g/mol. The van der Waals surface area contributed by atoms with E-state index < -0.39 is 0 Å². The smallest absolute Gasteiger partial charge is 0.0897 e. The third-order valence-electron chi connectivity index (χ3n) is 5.48. The molecule has 0 bridgehead atoms. The van der Waals surface area contributed by atoms with E-state index in [-0.39, 0.29) is 6.10 Å². The number of likely N-dealkylation sites (N-methyl/N-ethyl adjacent to an activating group) is 1. The first kappa shape index (κ1) is 17.2. The molecule has 0 aromatic heterocycles. The number of nitrogens with one attached hydrogen (secondary N) is 1. The Hall–Kier alpha value is -0.160. The highest BCUT2D eigenvalue weighted by Gasteiger charge is 2.38. The minimum Gasteiger partial charge on any atom is -0.389 e. The van der Waals surface area contributed by atoms with Crippen molar-refractivity contribution in [3.8, 4) is 0 Å². The third kappa shape index (κ3) is 4.92. The lowest BCUT2D eigenvalue weighted by Gasteiger charge is -2.47. The van der Waals surface area contributed by atoms with Gasteiger partial charge in [-0.2, -0.15) is 0 Å². The van der Waals surface area contributed by atoms with Gasteiger partial charge in [-0.15, -0.1) is 0 Å². The van der Waals surface area contributed by atoms with Gasteiger partial charge < -0.3 is 20.1 Å². The fourth-order valence-electron chi connectivity index (χ4n) is 3.67. The Morgan fingerprint density at radius 3 is 2.62 bits per heavy atom. The summed E-state index contributed by atoms with van der Waals surface area (Å²) in [7, 11) is 4.31. The van der Waals surface area contributed by atoms with Gasteiger partial charge in [0.2, 0.25) is 0 Å². The second-order valence-electron chi connectivity index (χ2n) is 7.48. The van der Waals surface area contributed by atoms with E-state index >= 15 is 0 Å². The Bertz CT molecular complexity index is 305. The van der Waals surface area contributed by atoms with Crippen LogP contribution in [0.25, 0.3) is 0 Å². The van der Waals surface area contributed by atoms with Crippen molar-refractivity contribution in [2.24, 2.45) is 5.92 Å². The maximum absolute atomic E-state index is 10.1. The summed E-state index contributed by atoms with van der Waals surface area (Å²) in [5, 5.41) is 13.5. The zero-order chi connectivity index (χ0) is 15.3. The van der Waals surface area contributed by atoms with Crippen molar-refractivity contribution >= 4 is 0 Å². The molecule has 0 aromatic carbocycles. The summed E-state index contributed by atoms with van der Waals surface area (Å²) in [6.45, 7) is 4.38. The van der Waals surface area contributed by atoms with E-state index in [4.69, 9.17) is 4.74 Å². The van der Waals surface area contributed by atoms with Gasteiger partial charge in [0, 0.05) is 18.6 Å². The standard InChI is InChI=1S/C17H34N2O2/c1-14-6-4-7-16(10-14)21-12-15(20)11-18-13-17(19(2)3)8-5-9-17/h14-16,18,20H,4-13H2,1-3H3. The molecule has 2 saturated carbocycles. The highest BCUT2D eigenvalue weighted by Crippen LogP contribution is 2.35. The number of rotatable bonds is 8. The van der Waals surface area contributed by atoms with Crippen LogP contribution in [0.4, 0.5) is 0 Å². The molecule has 124 valence electrons. The van der Waals surface area contributed by atoms with E-state index in [0.29, 0.717) is 24.8 Å². The molecule has 2 N–H and O–H groups in total. The van der Waals surface area contributed by atoms with Crippen molar-refractivity contribution in [1.29, 1.82) is 0 Å². The van der Waals surface area contributed by atoms with E-state index in [1.165, 1.54) is 32.1 Å². The van der Waals surface area contributed by atoms with Crippen molar-refractivity contribution in [3.05, 3.63) is 0 Å². The molecule has 3 unspecified atom stereocenters. The van der Waals surface area contributed by atoms with Gasteiger partial charge in [0.15, 0.2) is 0 Å². The van der Waals surface area contributed by atoms with Crippen LogP contribution in [0.15, 0.2) is 0 Å². The van der Waals surface area contributed by atoms with Crippen molar-refractivity contribution in [2.75, 3.05) is 33.8 Å². The molecule has 0 heterocycles. The molecule has 0 radical (unpaired) electrons. The zero-order valence-electron chi connectivity index (χ0n) is 14.1. The summed E-state index contributed by atoms with van der Waals surface area (Å²) >= 11 is 0. The first-order valence-corrected chi connectivity index (χ1v) is 8.70. The highest BCUT2D eigenvalue weighted by molar-refractivity contribution is 4.97. The summed E-state index contributed by atoms with van der Waals surface area (Å²) in [4.78, 5) is 2.33. The first-order valence-electron chi connectivity index (χ1n) is 8.70. The van der Waals surface area contributed by atoms with Crippen LogP contribution in [0.3, 0.4) is 0 Å². The lowest BCUT2D eigenvalue weighted by Crippen LogP contribution is -2.57. The second kappa shape index (κ2) is 7.91. The molecule has 2 rings (SSSR count). The van der Waals surface area contributed by atoms with Gasteiger partial charge in [0.1, 0.15) is 0 Å². The minimum absolute atomic E-state index is 0.319. The van der Waals surface area contributed by atoms with E-state index in [0.717, 1.165) is 25.3 Å². The lowest BCUT2D eigenvalue weighted by molar-refractivity contribution is -0.0322. The van der Waals surface area contributed by atoms with Crippen molar-refractivity contribution in [1.82, 2.24) is 10.2 Å². The molecular formula is C17H34N2O2. The fraction of sp³-hybridized carbons (Fsp3) is 1.00. The van der Waals surface area contributed by atoms with Crippen molar-refractivity contribution in [3.63, 3.8) is 0 Å². The van der Waals surface area contributed by atoms with E-state index in [9.17, 15) is 5.11 Å². The van der Waals surface area contributed by atoms with Gasteiger partial charge in [-0.3, -0.25) is 0 Å². The van der Waals surface area contributed by atoms with Gasteiger partial charge in [-0.1, -0.05) is 19.8 Å². The average Bonchev–Trinajstić information content (AvgIpc) is 2.39. The topological polar surface area (TPSA) is 44.7 Å². The van der Waals surface area contributed by atoms with Gasteiger partial charge in [0.25, 0.3) is 0 Å². The maximum Gasteiger partial charge on any atom is 0.0897 e. The quantitative estimate of drug-likeness (QED) is 0.719. The Balaban J connectivity index is 1.58. The SMILES string of the molecule is CC1CCCC(OCC(O)CNCC2(N(C)C)CCC2)C1. The van der Waals surface area contributed by atoms with Crippen LogP contribution in [0.5, 0.6) is 0 Å². The Morgan fingerprint density at radius 1 is 1.29 bits per heavy atom. The number of hydrogen-bond acceptors (Lipinski definition) is 4. The molecule has 0 aliphatic heterocycles. The van der Waals surface area contributed by atoms with Crippen LogP contribution >= 0.6 is 0 Å². The summed E-state index contributed by atoms with van der Waals surface area (Å²) in [5.74, 6) is 0.776. The van der Waals surface area contributed by atoms with Crippen LogP contribution in [0, 0.1) is 5.92 Å². The molecule has 4 heteroatoms. The van der Waals surface area contributed by atoms with Crippen LogP contribution in [0.2, 0.25) is 0 Å². The number of aliphatic hydroxyl groups excluding tert-OH is 1. The summed E-state index contributed by atoms with van der Waals surface area (Å²) in [5.41, 5.74) is 0.319. The van der Waals surface area contributed by atoms with Crippen LogP contribution in [-0.2, 0) is 4.74 Å². The van der Waals surface area contributed by atoms with Crippen LogP contribution < -0.4 is 5.32 Å². The molecule has 4 nitrogen and oxygen atoms in total. The van der Waals surface area contributed by atoms with E-state index in [2.05, 4.69) is 31.2 Å². The van der Waals surface area contributed by atoms with Gasteiger partial charge >= 0.3 is 0 Å².